The van der Waals surface area contributed by atoms with Gasteiger partial charge in [0.2, 0.25) is 0 Å². The van der Waals surface area contributed by atoms with Crippen molar-refractivity contribution >= 4 is 37.5 Å². The number of halogens is 1. The Kier molecular flexibility index (Phi) is 3.07. The third-order valence-electron chi connectivity index (χ3n) is 3.32. The predicted octanol–water partition coefficient (Wildman–Crippen LogP) is 4.77. The highest BCUT2D eigenvalue weighted by Crippen LogP contribution is 2.45. The lowest BCUT2D eigenvalue weighted by Crippen LogP contribution is -1.94. The van der Waals surface area contributed by atoms with Crippen molar-refractivity contribution in [1.29, 1.82) is 0 Å². The van der Waals surface area contributed by atoms with E-state index >= 15 is 0 Å². The summed E-state index contributed by atoms with van der Waals surface area (Å²) in [5, 5.41) is 4.42. The molecule has 3 aromatic carbocycles. The summed E-state index contributed by atoms with van der Waals surface area (Å²) in [5.74, 6) is 1.54. The summed E-state index contributed by atoms with van der Waals surface area (Å²) >= 11 is 3.60. The molecule has 3 aromatic rings. The lowest BCUT2D eigenvalue weighted by molar-refractivity contribution is 0.362. The van der Waals surface area contributed by atoms with Gasteiger partial charge in [-0.15, -0.1) is 0 Å². The fourth-order valence-electron chi connectivity index (χ4n) is 2.53. The zero-order valence-electron chi connectivity index (χ0n) is 10.7. The second-order valence-corrected chi connectivity index (χ2v) is 5.13. The molecule has 0 bridgehead atoms. The molecular formula is C16H13BrO2. The largest absolute Gasteiger partial charge is 0.492 e. The van der Waals surface area contributed by atoms with Gasteiger partial charge in [0.15, 0.2) is 11.5 Å². The standard InChI is InChI=1S/C16H13BrO2/c1-18-15-12-7-4-3-6-10(12)11-8-5-9-13(17)14(11)16(15)19-2/h3-9H,1-2H3. The number of hydrogen-bond donors (Lipinski definition) is 0. The van der Waals surface area contributed by atoms with Gasteiger partial charge in [-0.1, -0.05) is 52.3 Å². The first-order chi connectivity index (χ1) is 9.27. The van der Waals surface area contributed by atoms with Crippen LogP contribution in [0.5, 0.6) is 11.5 Å². The number of ether oxygens (including phenoxy) is 2. The molecule has 0 saturated carbocycles. The lowest BCUT2D eigenvalue weighted by atomic mass is 10.00. The van der Waals surface area contributed by atoms with Crippen molar-refractivity contribution in [2.24, 2.45) is 0 Å². The van der Waals surface area contributed by atoms with E-state index < -0.39 is 0 Å². The summed E-state index contributed by atoms with van der Waals surface area (Å²) in [5.41, 5.74) is 0. The van der Waals surface area contributed by atoms with Crippen LogP contribution in [0.3, 0.4) is 0 Å². The van der Waals surface area contributed by atoms with Crippen molar-refractivity contribution in [2.75, 3.05) is 14.2 Å². The molecule has 0 aliphatic carbocycles. The Morgan fingerprint density at radius 3 is 2.05 bits per heavy atom. The van der Waals surface area contributed by atoms with E-state index in [4.69, 9.17) is 9.47 Å². The van der Waals surface area contributed by atoms with Crippen molar-refractivity contribution in [3.63, 3.8) is 0 Å². The van der Waals surface area contributed by atoms with E-state index in [0.29, 0.717) is 0 Å². The molecule has 0 aliphatic heterocycles. The molecule has 0 unspecified atom stereocenters. The maximum atomic E-state index is 5.58. The van der Waals surface area contributed by atoms with Crippen molar-refractivity contribution in [3.05, 3.63) is 46.9 Å². The van der Waals surface area contributed by atoms with Gasteiger partial charge in [0.25, 0.3) is 0 Å². The SMILES string of the molecule is COc1c(OC)c2c(Br)cccc2c2ccccc12. The Morgan fingerprint density at radius 1 is 0.737 bits per heavy atom. The molecular weight excluding hydrogens is 304 g/mol. The van der Waals surface area contributed by atoms with Crippen LogP contribution in [0.2, 0.25) is 0 Å². The Bertz CT molecular complexity index is 765. The molecule has 19 heavy (non-hydrogen) atoms. The van der Waals surface area contributed by atoms with Gasteiger partial charge in [-0.3, -0.25) is 0 Å². The van der Waals surface area contributed by atoms with Gasteiger partial charge in [0, 0.05) is 15.2 Å². The average Bonchev–Trinajstić information content (AvgIpc) is 2.46. The first-order valence-electron chi connectivity index (χ1n) is 5.99. The third kappa shape index (κ3) is 1.77. The highest BCUT2D eigenvalue weighted by molar-refractivity contribution is 9.10. The maximum Gasteiger partial charge on any atom is 0.170 e. The number of methoxy groups -OCH3 is 2. The Balaban J connectivity index is 2.65. The van der Waals surface area contributed by atoms with Crippen LogP contribution < -0.4 is 9.47 Å². The number of rotatable bonds is 2. The molecule has 3 rings (SSSR count). The fraction of sp³-hybridized carbons (Fsp3) is 0.125. The molecule has 96 valence electrons. The van der Waals surface area contributed by atoms with Gasteiger partial charge in [-0.2, -0.15) is 0 Å². The predicted molar refractivity (Wildman–Crippen MR) is 82.3 cm³/mol. The molecule has 0 saturated heterocycles. The van der Waals surface area contributed by atoms with Crippen LogP contribution in [-0.2, 0) is 0 Å². The number of hydrogen-bond acceptors (Lipinski definition) is 2. The molecule has 0 spiro atoms. The molecule has 3 heteroatoms. The minimum Gasteiger partial charge on any atom is -0.492 e. The van der Waals surface area contributed by atoms with Crippen molar-refractivity contribution in [1.82, 2.24) is 0 Å². The highest BCUT2D eigenvalue weighted by Gasteiger charge is 2.16. The Labute approximate surface area is 120 Å². The minimum atomic E-state index is 0.767. The van der Waals surface area contributed by atoms with Crippen molar-refractivity contribution in [2.45, 2.75) is 0 Å². The molecule has 2 nitrogen and oxygen atoms in total. The molecule has 0 N–H and O–H groups in total. The zero-order valence-corrected chi connectivity index (χ0v) is 12.3. The molecule has 0 amide bonds. The molecule has 0 atom stereocenters. The zero-order chi connectivity index (χ0) is 13.4. The number of benzene rings is 3. The van der Waals surface area contributed by atoms with Crippen molar-refractivity contribution in [3.8, 4) is 11.5 Å². The molecule has 0 aromatic heterocycles. The molecule has 0 aliphatic rings. The van der Waals surface area contributed by atoms with E-state index in [9.17, 15) is 0 Å². The number of fused-ring (bicyclic) bond motifs is 3. The highest BCUT2D eigenvalue weighted by atomic mass is 79.9. The van der Waals surface area contributed by atoms with E-state index in [-0.39, 0.29) is 0 Å². The van der Waals surface area contributed by atoms with E-state index in [0.717, 1.165) is 37.5 Å². The summed E-state index contributed by atoms with van der Waals surface area (Å²) in [6.07, 6.45) is 0. The van der Waals surface area contributed by atoms with E-state index in [1.807, 2.05) is 24.3 Å². The van der Waals surface area contributed by atoms with Gasteiger partial charge in [0.1, 0.15) is 0 Å². The second-order valence-electron chi connectivity index (χ2n) is 4.27. The average molecular weight is 317 g/mol. The van der Waals surface area contributed by atoms with E-state index in [1.165, 1.54) is 0 Å². The molecule has 0 radical (unpaired) electrons. The quantitative estimate of drug-likeness (QED) is 0.634. The van der Waals surface area contributed by atoms with Gasteiger partial charge in [-0.25, -0.2) is 0 Å². The van der Waals surface area contributed by atoms with Crippen LogP contribution in [0, 0.1) is 0 Å². The summed E-state index contributed by atoms with van der Waals surface area (Å²) in [4.78, 5) is 0. The van der Waals surface area contributed by atoms with Crippen LogP contribution in [-0.4, -0.2) is 14.2 Å². The van der Waals surface area contributed by atoms with Gasteiger partial charge < -0.3 is 9.47 Å². The summed E-state index contributed by atoms with van der Waals surface area (Å²) in [7, 11) is 3.35. The van der Waals surface area contributed by atoms with Crippen LogP contribution in [0.4, 0.5) is 0 Å². The maximum absolute atomic E-state index is 5.58. The van der Waals surface area contributed by atoms with E-state index in [2.05, 4.69) is 34.1 Å². The van der Waals surface area contributed by atoms with Gasteiger partial charge in [0.05, 0.1) is 14.2 Å². The molecule has 0 fully saturated rings. The minimum absolute atomic E-state index is 0.767. The van der Waals surface area contributed by atoms with Gasteiger partial charge >= 0.3 is 0 Å². The third-order valence-corrected chi connectivity index (χ3v) is 3.98. The summed E-state index contributed by atoms with van der Waals surface area (Å²) in [6.45, 7) is 0. The summed E-state index contributed by atoms with van der Waals surface area (Å²) < 4.78 is 12.2. The first kappa shape index (κ1) is 12.3. The Morgan fingerprint density at radius 2 is 1.37 bits per heavy atom. The Hall–Kier alpha value is -1.74. The van der Waals surface area contributed by atoms with E-state index in [1.54, 1.807) is 14.2 Å². The smallest absolute Gasteiger partial charge is 0.170 e. The van der Waals surface area contributed by atoms with Crippen LogP contribution >= 0.6 is 15.9 Å². The van der Waals surface area contributed by atoms with Gasteiger partial charge in [-0.05, 0) is 16.8 Å². The lowest BCUT2D eigenvalue weighted by Gasteiger charge is -2.15. The van der Waals surface area contributed by atoms with Crippen LogP contribution in [0.25, 0.3) is 21.5 Å². The van der Waals surface area contributed by atoms with Crippen molar-refractivity contribution < 1.29 is 9.47 Å². The monoisotopic (exact) mass is 316 g/mol. The topological polar surface area (TPSA) is 18.5 Å². The first-order valence-corrected chi connectivity index (χ1v) is 6.78. The second kappa shape index (κ2) is 4.74. The molecule has 0 heterocycles. The van der Waals surface area contributed by atoms with Crippen LogP contribution in [0.1, 0.15) is 0 Å². The normalized spacial score (nSPS) is 10.9. The van der Waals surface area contributed by atoms with Crippen LogP contribution in [0.15, 0.2) is 46.9 Å². The fourth-order valence-corrected chi connectivity index (χ4v) is 3.07. The summed E-state index contributed by atoms with van der Waals surface area (Å²) in [6, 6.07) is 14.3.